The van der Waals surface area contributed by atoms with Crippen molar-refractivity contribution >= 4 is 28.7 Å². The SMILES string of the molecule is COC(=O)C1=CCC(C2=CCC(COC(=O)C3=C(C)Nc4nnnn4C3c3cccc4ccccc34)C=C2)C=C1. The molecule has 1 aliphatic heterocycles. The van der Waals surface area contributed by atoms with E-state index in [0.717, 1.165) is 29.2 Å². The number of tetrazole rings is 1. The molecule has 3 atom stereocenters. The van der Waals surface area contributed by atoms with E-state index in [1.807, 2.05) is 67.6 Å². The molecule has 9 nitrogen and oxygen atoms in total. The van der Waals surface area contributed by atoms with E-state index >= 15 is 0 Å². The van der Waals surface area contributed by atoms with E-state index in [9.17, 15) is 9.59 Å². The quantitative estimate of drug-likeness (QED) is 0.447. The minimum absolute atomic E-state index is 0.0681. The van der Waals surface area contributed by atoms with E-state index < -0.39 is 12.0 Å². The molecule has 2 heterocycles. The molecule has 2 aromatic carbocycles. The van der Waals surface area contributed by atoms with Gasteiger partial charge in [-0.1, -0.05) is 84.0 Å². The lowest BCUT2D eigenvalue weighted by Gasteiger charge is -2.28. The summed E-state index contributed by atoms with van der Waals surface area (Å²) < 4.78 is 12.3. The molecule has 9 heteroatoms. The molecule has 0 fully saturated rings. The van der Waals surface area contributed by atoms with Crippen LogP contribution in [0.2, 0.25) is 0 Å². The smallest absolute Gasteiger partial charge is 0.338 e. The van der Waals surface area contributed by atoms with Gasteiger partial charge in [0.25, 0.3) is 0 Å². The molecule has 3 unspecified atom stereocenters. The molecule has 1 N–H and O–H groups in total. The Morgan fingerprint density at radius 3 is 2.65 bits per heavy atom. The van der Waals surface area contributed by atoms with Crippen molar-refractivity contribution in [1.29, 1.82) is 0 Å². The summed E-state index contributed by atoms with van der Waals surface area (Å²) in [6.45, 7) is 2.10. The molecule has 0 saturated heterocycles. The second kappa shape index (κ2) is 10.8. The summed E-state index contributed by atoms with van der Waals surface area (Å²) in [4.78, 5) is 25.4. The highest BCUT2D eigenvalue weighted by atomic mass is 16.5. The van der Waals surface area contributed by atoms with Gasteiger partial charge >= 0.3 is 11.9 Å². The first kappa shape index (κ1) is 25.5. The molecule has 2 aliphatic carbocycles. The number of carbonyl (C=O) groups excluding carboxylic acids is 2. The molecule has 202 valence electrons. The Balaban J connectivity index is 1.16. The highest BCUT2D eigenvalue weighted by molar-refractivity contribution is 5.95. The molecule has 3 aliphatic rings. The lowest BCUT2D eigenvalue weighted by atomic mass is 9.85. The van der Waals surface area contributed by atoms with Crippen LogP contribution in [-0.4, -0.2) is 45.9 Å². The maximum atomic E-state index is 13.6. The Labute approximate surface area is 231 Å². The molecule has 0 amide bonds. The summed E-state index contributed by atoms with van der Waals surface area (Å²) in [5, 5.41) is 17.4. The molecule has 6 rings (SSSR count). The lowest BCUT2D eigenvalue weighted by molar-refractivity contribution is -0.140. The van der Waals surface area contributed by atoms with Crippen molar-refractivity contribution < 1.29 is 19.1 Å². The van der Waals surface area contributed by atoms with Crippen LogP contribution in [0.25, 0.3) is 10.8 Å². The average Bonchev–Trinajstić information content (AvgIpc) is 3.47. The topological polar surface area (TPSA) is 108 Å². The molecule has 0 saturated carbocycles. The number of fused-ring (bicyclic) bond motifs is 2. The highest BCUT2D eigenvalue weighted by Crippen LogP contribution is 2.38. The van der Waals surface area contributed by atoms with Crippen molar-refractivity contribution in [2.75, 3.05) is 19.0 Å². The highest BCUT2D eigenvalue weighted by Gasteiger charge is 2.36. The number of ether oxygens (including phenoxy) is 2. The number of allylic oxidation sites excluding steroid dienone is 6. The predicted octanol–water partition coefficient (Wildman–Crippen LogP) is 4.84. The van der Waals surface area contributed by atoms with Gasteiger partial charge in [-0.2, -0.15) is 4.68 Å². The Morgan fingerprint density at radius 2 is 1.88 bits per heavy atom. The third-order valence-electron chi connectivity index (χ3n) is 7.65. The minimum Gasteiger partial charge on any atom is -0.465 e. The normalized spacial score (nSPS) is 21.8. The zero-order chi connectivity index (χ0) is 27.6. The number of methoxy groups -OCH3 is 1. The monoisotopic (exact) mass is 535 g/mol. The van der Waals surface area contributed by atoms with Crippen LogP contribution in [-0.2, 0) is 19.1 Å². The zero-order valence-corrected chi connectivity index (χ0v) is 22.3. The summed E-state index contributed by atoms with van der Waals surface area (Å²) in [6, 6.07) is 13.6. The van der Waals surface area contributed by atoms with Crippen molar-refractivity contribution in [3.05, 3.63) is 107 Å². The van der Waals surface area contributed by atoms with E-state index in [0.29, 0.717) is 22.8 Å². The fourth-order valence-corrected chi connectivity index (χ4v) is 5.53. The first-order valence-corrected chi connectivity index (χ1v) is 13.3. The van der Waals surface area contributed by atoms with Crippen molar-refractivity contribution in [1.82, 2.24) is 20.2 Å². The van der Waals surface area contributed by atoms with Crippen LogP contribution < -0.4 is 5.32 Å². The summed E-state index contributed by atoms with van der Waals surface area (Å²) in [5.74, 6) is 0.0371. The van der Waals surface area contributed by atoms with Gasteiger partial charge in [-0.3, -0.25) is 0 Å². The first-order chi connectivity index (χ1) is 19.5. The number of benzene rings is 2. The Kier molecular flexibility index (Phi) is 6.86. The van der Waals surface area contributed by atoms with Crippen LogP contribution >= 0.6 is 0 Å². The number of nitrogens with one attached hydrogen (secondary N) is 1. The standard InChI is InChI=1S/C31H29N5O4/c1-19-27(28(36-31(32-19)33-34-35-36)26-9-5-7-23-6-3-4-8-25(23)26)30(38)40-18-20-10-12-21(13-11-20)22-14-16-24(17-15-22)29(37)39-2/h3-10,12-14,16-17,20,22,28H,11,15,18H2,1-2H3,(H,32,33,35). The van der Waals surface area contributed by atoms with Gasteiger partial charge in [0.05, 0.1) is 24.9 Å². The van der Waals surface area contributed by atoms with Crippen LogP contribution in [0, 0.1) is 11.8 Å². The van der Waals surface area contributed by atoms with Gasteiger partial charge in [-0.05, 0) is 52.1 Å². The Bertz CT molecular complexity index is 1640. The van der Waals surface area contributed by atoms with Gasteiger partial charge in [-0.15, -0.1) is 0 Å². The maximum absolute atomic E-state index is 13.6. The van der Waals surface area contributed by atoms with Crippen LogP contribution in [0.1, 0.15) is 31.4 Å². The second-order valence-corrected chi connectivity index (χ2v) is 10.1. The summed E-state index contributed by atoms with van der Waals surface area (Å²) in [6.07, 6.45) is 13.6. The van der Waals surface area contributed by atoms with Crippen molar-refractivity contribution in [3.8, 4) is 0 Å². The van der Waals surface area contributed by atoms with Crippen LogP contribution in [0.3, 0.4) is 0 Å². The van der Waals surface area contributed by atoms with E-state index in [-0.39, 0.29) is 24.4 Å². The number of carbonyl (C=O) groups is 2. The van der Waals surface area contributed by atoms with Crippen LogP contribution in [0.15, 0.2) is 101 Å². The number of nitrogens with zero attached hydrogens (tertiary/aromatic N) is 4. The number of hydrogen-bond donors (Lipinski definition) is 1. The van der Waals surface area contributed by atoms with Crippen molar-refractivity contribution in [3.63, 3.8) is 0 Å². The molecule has 0 bridgehead atoms. The van der Waals surface area contributed by atoms with Crippen molar-refractivity contribution in [2.24, 2.45) is 11.8 Å². The van der Waals surface area contributed by atoms with Crippen molar-refractivity contribution in [2.45, 2.75) is 25.8 Å². The Hall–Kier alpha value is -4.79. The third kappa shape index (κ3) is 4.75. The lowest BCUT2D eigenvalue weighted by Crippen LogP contribution is -2.30. The molecule has 1 aromatic heterocycles. The number of hydrogen-bond acceptors (Lipinski definition) is 8. The van der Waals surface area contributed by atoms with Gasteiger partial charge in [0.2, 0.25) is 5.95 Å². The van der Waals surface area contributed by atoms with E-state index in [4.69, 9.17) is 9.47 Å². The first-order valence-electron chi connectivity index (χ1n) is 13.3. The average molecular weight is 536 g/mol. The fourth-order valence-electron chi connectivity index (χ4n) is 5.53. The summed E-state index contributed by atoms with van der Waals surface area (Å²) in [5.41, 5.74) is 3.84. The second-order valence-electron chi connectivity index (χ2n) is 10.1. The zero-order valence-electron chi connectivity index (χ0n) is 22.3. The fraction of sp³-hybridized carbons (Fsp3) is 0.258. The maximum Gasteiger partial charge on any atom is 0.338 e. The number of rotatable bonds is 6. The molecule has 0 spiro atoms. The summed E-state index contributed by atoms with van der Waals surface area (Å²) >= 11 is 0. The van der Waals surface area contributed by atoms with E-state index in [1.54, 1.807) is 4.68 Å². The van der Waals surface area contributed by atoms with Gasteiger partial charge in [0.1, 0.15) is 6.04 Å². The summed E-state index contributed by atoms with van der Waals surface area (Å²) in [7, 11) is 1.39. The largest absolute Gasteiger partial charge is 0.465 e. The van der Waals surface area contributed by atoms with E-state index in [1.165, 1.54) is 12.7 Å². The Morgan fingerprint density at radius 1 is 1.02 bits per heavy atom. The van der Waals surface area contributed by atoms with Crippen LogP contribution in [0.5, 0.6) is 0 Å². The molecule has 40 heavy (non-hydrogen) atoms. The molecular formula is C31H29N5O4. The van der Waals surface area contributed by atoms with Gasteiger partial charge in [-0.25, -0.2) is 9.59 Å². The predicted molar refractivity (Wildman–Crippen MR) is 150 cm³/mol. The number of aromatic nitrogens is 4. The van der Waals surface area contributed by atoms with Gasteiger partial charge < -0.3 is 14.8 Å². The molecule has 3 aromatic rings. The van der Waals surface area contributed by atoms with Crippen LogP contribution in [0.4, 0.5) is 5.95 Å². The minimum atomic E-state index is -0.528. The number of anilines is 1. The third-order valence-corrected chi connectivity index (χ3v) is 7.65. The number of esters is 2. The molecular weight excluding hydrogens is 506 g/mol. The van der Waals surface area contributed by atoms with E-state index in [2.05, 4.69) is 39.1 Å². The van der Waals surface area contributed by atoms with Gasteiger partial charge in [0, 0.05) is 17.5 Å². The van der Waals surface area contributed by atoms with Gasteiger partial charge in [0.15, 0.2) is 0 Å². The molecule has 0 radical (unpaired) electrons.